The van der Waals surface area contributed by atoms with E-state index < -0.39 is 30.3 Å². The molecule has 0 unspecified atom stereocenters. The van der Waals surface area contributed by atoms with Gasteiger partial charge >= 0.3 is 5.97 Å². The Balaban J connectivity index is 1.35. The zero-order valence-electron chi connectivity index (χ0n) is 18.2. The maximum atomic E-state index is 12.8. The lowest BCUT2D eigenvalue weighted by Crippen LogP contribution is -2.34. The zero-order chi connectivity index (χ0) is 24.4. The van der Waals surface area contributed by atoms with Crippen LogP contribution in [-0.4, -0.2) is 48.2 Å². The second-order valence-electron chi connectivity index (χ2n) is 8.13. The Morgan fingerprint density at radius 3 is 2.03 bits per heavy atom. The molecule has 0 radical (unpaired) electrons. The molecule has 34 heavy (non-hydrogen) atoms. The molecule has 178 valence electrons. The topological polar surface area (TPSA) is 102 Å². The second kappa shape index (κ2) is 10.0. The predicted octanol–water partition coefficient (Wildman–Crippen LogP) is 3.60. The Morgan fingerprint density at radius 2 is 1.50 bits per heavy atom. The molecule has 2 aromatic rings. The number of benzene rings is 2. The first-order chi connectivity index (χ1) is 16.3. The highest BCUT2D eigenvalue weighted by molar-refractivity contribution is 6.31. The number of rotatable bonds is 6. The summed E-state index contributed by atoms with van der Waals surface area (Å²) < 4.78 is 10.1. The molecule has 8 nitrogen and oxygen atoms in total. The lowest BCUT2D eigenvalue weighted by Gasteiger charge is -2.28. The van der Waals surface area contributed by atoms with E-state index in [1.165, 1.54) is 31.4 Å². The number of hydrogen-bond donors (Lipinski definition) is 1. The lowest BCUT2D eigenvalue weighted by molar-refractivity contribution is -0.122. The summed E-state index contributed by atoms with van der Waals surface area (Å²) in [5, 5.41) is 1.89. The number of esters is 1. The van der Waals surface area contributed by atoms with Gasteiger partial charge in [0.2, 0.25) is 11.8 Å². The molecular weight excluding hydrogens is 483 g/mol. The van der Waals surface area contributed by atoms with Crippen LogP contribution >= 0.6 is 23.2 Å². The summed E-state index contributed by atoms with van der Waals surface area (Å²) >= 11 is 12.4. The number of carbonyl (C=O) groups excluding carboxylic acids is 4. The third kappa shape index (κ3) is 4.88. The summed E-state index contributed by atoms with van der Waals surface area (Å²) in [6.07, 6.45) is 0.703. The molecule has 1 heterocycles. The van der Waals surface area contributed by atoms with E-state index >= 15 is 0 Å². The van der Waals surface area contributed by atoms with Gasteiger partial charge in [0.15, 0.2) is 6.61 Å². The Bertz CT molecular complexity index is 1080. The molecule has 0 spiro atoms. The maximum absolute atomic E-state index is 12.8. The van der Waals surface area contributed by atoms with Crippen molar-refractivity contribution >= 4 is 58.3 Å². The van der Waals surface area contributed by atoms with Crippen LogP contribution in [0.25, 0.3) is 0 Å². The number of ether oxygens (including phenoxy) is 2. The summed E-state index contributed by atoms with van der Waals surface area (Å²) in [5.74, 6) is -2.15. The van der Waals surface area contributed by atoms with Crippen molar-refractivity contribution in [3.63, 3.8) is 0 Å². The SMILES string of the molecule is COc1ccc(NC(=O)COC(=O)c2ccc(N3C(=O)[C@H]4C[C@@H](Cl)[C@@H](Cl)C[C@H]4C3=O)cc2)cc1. The second-order valence-corrected chi connectivity index (χ2v) is 9.25. The van der Waals surface area contributed by atoms with E-state index in [0.29, 0.717) is 30.0 Å². The fraction of sp³-hybridized carbons (Fsp3) is 0.333. The third-order valence-corrected chi connectivity index (χ3v) is 7.07. The van der Waals surface area contributed by atoms with Gasteiger partial charge in [0, 0.05) is 5.69 Å². The Labute approximate surface area is 206 Å². The molecule has 2 aliphatic rings. The first kappa shape index (κ1) is 24.0. The van der Waals surface area contributed by atoms with Gasteiger partial charge in [0.25, 0.3) is 5.91 Å². The number of imide groups is 1. The van der Waals surface area contributed by atoms with Gasteiger partial charge in [-0.3, -0.25) is 19.3 Å². The van der Waals surface area contributed by atoms with Gasteiger partial charge in [0.05, 0.1) is 41.0 Å². The molecule has 1 aliphatic carbocycles. The summed E-state index contributed by atoms with van der Waals surface area (Å²) in [4.78, 5) is 51.2. The van der Waals surface area contributed by atoms with Gasteiger partial charge in [0.1, 0.15) is 5.75 Å². The van der Waals surface area contributed by atoms with Crippen LogP contribution in [-0.2, 0) is 19.1 Å². The minimum atomic E-state index is -0.709. The number of nitrogens with one attached hydrogen (secondary N) is 1. The highest BCUT2D eigenvalue weighted by atomic mass is 35.5. The molecule has 0 bridgehead atoms. The van der Waals surface area contributed by atoms with Crippen molar-refractivity contribution in [1.29, 1.82) is 0 Å². The average molecular weight is 505 g/mol. The molecule has 1 N–H and O–H groups in total. The molecular formula is C24H22Cl2N2O6. The van der Waals surface area contributed by atoms with Crippen molar-refractivity contribution in [2.75, 3.05) is 23.9 Å². The predicted molar refractivity (Wildman–Crippen MR) is 126 cm³/mol. The molecule has 4 rings (SSSR count). The Kier molecular flexibility index (Phi) is 7.09. The van der Waals surface area contributed by atoms with Crippen LogP contribution < -0.4 is 15.0 Å². The summed E-state index contributed by atoms with van der Waals surface area (Å²) in [5.41, 5.74) is 1.07. The summed E-state index contributed by atoms with van der Waals surface area (Å²) in [6, 6.07) is 12.6. The minimum absolute atomic E-state index is 0.180. The van der Waals surface area contributed by atoms with Crippen LogP contribution in [0, 0.1) is 11.8 Å². The van der Waals surface area contributed by atoms with Gasteiger partial charge in [-0.15, -0.1) is 23.2 Å². The fourth-order valence-corrected chi connectivity index (χ4v) is 4.77. The molecule has 10 heteroatoms. The van der Waals surface area contributed by atoms with Gasteiger partial charge in [-0.1, -0.05) is 0 Å². The molecule has 4 atom stereocenters. The maximum Gasteiger partial charge on any atom is 0.338 e. The number of nitrogens with zero attached hydrogens (tertiary/aromatic N) is 1. The number of methoxy groups -OCH3 is 1. The molecule has 3 amide bonds. The normalized spacial score (nSPS) is 23.9. The quantitative estimate of drug-likeness (QED) is 0.366. The van der Waals surface area contributed by atoms with E-state index in [-0.39, 0.29) is 28.1 Å². The summed E-state index contributed by atoms with van der Waals surface area (Å²) in [6.45, 7) is -0.474. The van der Waals surface area contributed by atoms with Crippen molar-refractivity contribution in [2.24, 2.45) is 11.8 Å². The summed E-state index contributed by atoms with van der Waals surface area (Å²) in [7, 11) is 1.54. The van der Waals surface area contributed by atoms with Crippen LogP contribution in [0.15, 0.2) is 48.5 Å². The van der Waals surface area contributed by atoms with Crippen LogP contribution in [0.1, 0.15) is 23.2 Å². The molecule has 0 aromatic heterocycles. The van der Waals surface area contributed by atoms with Crippen LogP contribution in [0.5, 0.6) is 5.75 Å². The molecule has 2 aromatic carbocycles. The molecule has 1 aliphatic heterocycles. The molecule has 1 saturated carbocycles. The van der Waals surface area contributed by atoms with E-state index in [2.05, 4.69) is 5.32 Å². The number of fused-ring (bicyclic) bond motifs is 1. The number of alkyl halides is 2. The first-order valence-corrected chi connectivity index (χ1v) is 11.5. The zero-order valence-corrected chi connectivity index (χ0v) is 19.7. The van der Waals surface area contributed by atoms with E-state index in [1.54, 1.807) is 24.3 Å². The standard InChI is InChI=1S/C24H22Cl2N2O6/c1-33-16-8-4-14(5-9-16)27-21(29)12-34-24(32)13-2-6-15(7-3-13)28-22(30)17-10-19(25)20(26)11-18(17)23(28)31/h2-9,17-20H,10-12H2,1H3,(H,27,29)/t17-,18+,19+,20-. The average Bonchev–Trinajstić information content (AvgIpc) is 3.07. The number of halogens is 2. The number of hydrogen-bond acceptors (Lipinski definition) is 6. The van der Waals surface area contributed by atoms with Crippen LogP contribution in [0.4, 0.5) is 11.4 Å². The van der Waals surface area contributed by atoms with Gasteiger partial charge < -0.3 is 14.8 Å². The van der Waals surface area contributed by atoms with Crippen molar-refractivity contribution in [3.8, 4) is 5.75 Å². The highest BCUT2D eigenvalue weighted by Crippen LogP contribution is 2.43. The van der Waals surface area contributed by atoms with Crippen molar-refractivity contribution in [1.82, 2.24) is 0 Å². The first-order valence-electron chi connectivity index (χ1n) is 10.7. The smallest absolute Gasteiger partial charge is 0.338 e. The Hall–Kier alpha value is -3.10. The fourth-order valence-electron chi connectivity index (χ4n) is 4.18. The van der Waals surface area contributed by atoms with E-state index in [9.17, 15) is 19.2 Å². The minimum Gasteiger partial charge on any atom is -0.497 e. The van der Waals surface area contributed by atoms with Crippen molar-refractivity contribution in [2.45, 2.75) is 23.6 Å². The van der Waals surface area contributed by atoms with Crippen molar-refractivity contribution < 1.29 is 28.7 Å². The lowest BCUT2D eigenvalue weighted by atomic mass is 9.80. The van der Waals surface area contributed by atoms with Gasteiger partial charge in [-0.25, -0.2) is 4.79 Å². The largest absolute Gasteiger partial charge is 0.497 e. The van der Waals surface area contributed by atoms with Crippen LogP contribution in [0.3, 0.4) is 0 Å². The highest BCUT2D eigenvalue weighted by Gasteiger charge is 2.52. The van der Waals surface area contributed by atoms with Gasteiger partial charge in [-0.05, 0) is 61.4 Å². The molecule has 2 fully saturated rings. The van der Waals surface area contributed by atoms with Gasteiger partial charge in [-0.2, -0.15) is 0 Å². The van der Waals surface area contributed by atoms with Crippen molar-refractivity contribution in [3.05, 3.63) is 54.1 Å². The van der Waals surface area contributed by atoms with E-state index in [4.69, 9.17) is 32.7 Å². The Morgan fingerprint density at radius 1 is 0.941 bits per heavy atom. The van der Waals surface area contributed by atoms with Crippen LogP contribution in [0.2, 0.25) is 0 Å². The molecule has 1 saturated heterocycles. The number of anilines is 2. The van der Waals surface area contributed by atoms with E-state index in [0.717, 1.165) is 4.90 Å². The number of carbonyl (C=O) groups is 4. The van der Waals surface area contributed by atoms with E-state index in [1.807, 2.05) is 0 Å². The monoisotopic (exact) mass is 504 g/mol. The number of amides is 3. The third-order valence-electron chi connectivity index (χ3n) is 5.98.